The molecule has 0 saturated carbocycles. The predicted octanol–water partition coefficient (Wildman–Crippen LogP) is 1.36. The Hall–Kier alpha value is -2.34. The third-order valence-electron chi connectivity index (χ3n) is 3.00. The van der Waals surface area contributed by atoms with E-state index in [9.17, 15) is 4.79 Å². The molecule has 6 nitrogen and oxygen atoms in total. The number of aromatic nitrogens is 4. The van der Waals surface area contributed by atoms with Crippen molar-refractivity contribution in [2.45, 2.75) is 13.5 Å². The average Bonchev–Trinajstić information content (AvgIpc) is 3.00. The van der Waals surface area contributed by atoms with Crippen LogP contribution in [0.15, 0.2) is 29.2 Å². The first-order valence-electron chi connectivity index (χ1n) is 6.23. The molecule has 2 heterocycles. The summed E-state index contributed by atoms with van der Waals surface area (Å²) in [6, 6.07) is 5.77. The molecule has 6 heteroatoms. The fraction of sp³-hybridized carbons (Fsp3) is 0.231. The van der Waals surface area contributed by atoms with Crippen LogP contribution in [0, 0.1) is 0 Å². The van der Waals surface area contributed by atoms with Gasteiger partial charge in [0, 0.05) is 5.56 Å². The van der Waals surface area contributed by atoms with Crippen LogP contribution in [0.4, 0.5) is 0 Å². The van der Waals surface area contributed by atoms with E-state index < -0.39 is 0 Å². The van der Waals surface area contributed by atoms with Crippen LogP contribution in [-0.2, 0) is 6.54 Å². The molecule has 0 aliphatic heterocycles. The number of imidazole rings is 2. The smallest absolute Gasteiger partial charge is 0.323 e. The lowest BCUT2D eigenvalue weighted by Gasteiger charge is -1.99. The summed E-state index contributed by atoms with van der Waals surface area (Å²) < 4.78 is 0. The van der Waals surface area contributed by atoms with Gasteiger partial charge in [-0.15, -0.1) is 0 Å². The lowest BCUT2D eigenvalue weighted by atomic mass is 10.1. The van der Waals surface area contributed by atoms with Crippen molar-refractivity contribution in [3.05, 3.63) is 40.7 Å². The Morgan fingerprint density at radius 1 is 1.21 bits per heavy atom. The first-order chi connectivity index (χ1) is 9.26. The lowest BCUT2D eigenvalue weighted by Crippen LogP contribution is -2.12. The third-order valence-corrected chi connectivity index (χ3v) is 3.00. The molecule has 0 aliphatic carbocycles. The number of aromatic amines is 3. The Balaban J connectivity index is 1.94. The summed E-state index contributed by atoms with van der Waals surface area (Å²) >= 11 is 0. The summed E-state index contributed by atoms with van der Waals surface area (Å²) in [4.78, 5) is 24.3. The molecule has 98 valence electrons. The standard InChI is InChI=1S/C13H15N5O/c1-2-14-7-12-15-6-11(16-12)8-3-4-9-10(5-8)18-13(19)17-9/h3-6,14H,2,7H2,1H3,(H,15,16)(H2,17,18,19). The lowest BCUT2D eigenvalue weighted by molar-refractivity contribution is 0.698. The van der Waals surface area contributed by atoms with Gasteiger partial charge < -0.3 is 20.3 Å². The van der Waals surface area contributed by atoms with Gasteiger partial charge in [0.25, 0.3) is 0 Å². The molecule has 0 radical (unpaired) electrons. The number of hydrogen-bond acceptors (Lipinski definition) is 3. The van der Waals surface area contributed by atoms with E-state index in [1.807, 2.05) is 18.2 Å². The summed E-state index contributed by atoms with van der Waals surface area (Å²) in [5, 5.41) is 3.22. The second-order valence-electron chi connectivity index (χ2n) is 4.36. The van der Waals surface area contributed by atoms with E-state index in [0.29, 0.717) is 0 Å². The van der Waals surface area contributed by atoms with Crippen LogP contribution in [0.1, 0.15) is 12.7 Å². The van der Waals surface area contributed by atoms with Crippen molar-refractivity contribution in [2.24, 2.45) is 0 Å². The molecule has 0 fully saturated rings. The Kier molecular flexibility index (Phi) is 2.92. The second-order valence-corrected chi connectivity index (χ2v) is 4.36. The minimum absolute atomic E-state index is 0.190. The van der Waals surface area contributed by atoms with Crippen molar-refractivity contribution in [2.75, 3.05) is 6.54 Å². The van der Waals surface area contributed by atoms with Crippen molar-refractivity contribution in [3.63, 3.8) is 0 Å². The molecule has 19 heavy (non-hydrogen) atoms. The Labute approximate surface area is 109 Å². The van der Waals surface area contributed by atoms with Gasteiger partial charge in [0.05, 0.1) is 29.5 Å². The fourth-order valence-electron chi connectivity index (χ4n) is 2.04. The molecular formula is C13H15N5O. The van der Waals surface area contributed by atoms with Crippen molar-refractivity contribution in [1.29, 1.82) is 0 Å². The third kappa shape index (κ3) is 2.30. The van der Waals surface area contributed by atoms with E-state index in [0.717, 1.165) is 41.2 Å². The molecule has 0 aliphatic rings. The van der Waals surface area contributed by atoms with E-state index >= 15 is 0 Å². The van der Waals surface area contributed by atoms with Crippen LogP contribution in [0.2, 0.25) is 0 Å². The molecule has 0 unspecified atom stereocenters. The molecule has 1 aromatic carbocycles. The first-order valence-corrected chi connectivity index (χ1v) is 6.23. The minimum Gasteiger partial charge on any atom is -0.341 e. The maximum Gasteiger partial charge on any atom is 0.323 e. The maximum atomic E-state index is 11.2. The number of hydrogen-bond donors (Lipinski definition) is 4. The highest BCUT2D eigenvalue weighted by molar-refractivity contribution is 5.80. The van der Waals surface area contributed by atoms with Crippen LogP contribution in [-0.4, -0.2) is 26.5 Å². The van der Waals surface area contributed by atoms with Crippen LogP contribution in [0.5, 0.6) is 0 Å². The summed E-state index contributed by atoms with van der Waals surface area (Å²) in [7, 11) is 0. The van der Waals surface area contributed by atoms with Crippen LogP contribution in [0.25, 0.3) is 22.3 Å². The SMILES string of the molecule is CCNCc1ncc(-c2ccc3[nH]c(=O)[nH]c3c2)[nH]1. The molecule has 0 spiro atoms. The van der Waals surface area contributed by atoms with Crippen LogP contribution >= 0.6 is 0 Å². The number of H-pyrrole nitrogens is 3. The summed E-state index contributed by atoms with van der Waals surface area (Å²) in [6.07, 6.45) is 1.80. The zero-order valence-electron chi connectivity index (χ0n) is 10.6. The number of nitrogens with one attached hydrogen (secondary N) is 4. The normalized spacial score (nSPS) is 11.2. The largest absolute Gasteiger partial charge is 0.341 e. The van der Waals surface area contributed by atoms with Gasteiger partial charge in [0.15, 0.2) is 0 Å². The molecule has 0 atom stereocenters. The van der Waals surface area contributed by atoms with Crippen molar-refractivity contribution >= 4 is 11.0 Å². The maximum absolute atomic E-state index is 11.2. The van der Waals surface area contributed by atoms with E-state index in [2.05, 4.69) is 32.2 Å². The van der Waals surface area contributed by atoms with Crippen molar-refractivity contribution in [1.82, 2.24) is 25.3 Å². The Morgan fingerprint density at radius 3 is 2.89 bits per heavy atom. The van der Waals surface area contributed by atoms with Gasteiger partial charge >= 0.3 is 5.69 Å². The summed E-state index contributed by atoms with van der Waals surface area (Å²) in [6.45, 7) is 3.69. The van der Waals surface area contributed by atoms with E-state index in [-0.39, 0.29) is 5.69 Å². The number of rotatable bonds is 4. The van der Waals surface area contributed by atoms with Gasteiger partial charge in [-0.3, -0.25) is 0 Å². The summed E-state index contributed by atoms with van der Waals surface area (Å²) in [5.41, 5.74) is 3.35. The molecule has 0 amide bonds. The van der Waals surface area contributed by atoms with E-state index in [4.69, 9.17) is 0 Å². The zero-order valence-corrected chi connectivity index (χ0v) is 10.6. The molecule has 3 aromatic rings. The molecule has 0 bridgehead atoms. The second kappa shape index (κ2) is 4.74. The van der Waals surface area contributed by atoms with Gasteiger partial charge in [0.2, 0.25) is 0 Å². The quantitative estimate of drug-likeness (QED) is 0.569. The molecule has 4 N–H and O–H groups in total. The van der Waals surface area contributed by atoms with Crippen LogP contribution < -0.4 is 11.0 Å². The first kappa shape index (κ1) is 11.7. The van der Waals surface area contributed by atoms with Crippen LogP contribution in [0.3, 0.4) is 0 Å². The summed E-state index contributed by atoms with van der Waals surface area (Å²) in [5.74, 6) is 0.902. The van der Waals surface area contributed by atoms with Crippen molar-refractivity contribution in [3.8, 4) is 11.3 Å². The van der Waals surface area contributed by atoms with E-state index in [1.165, 1.54) is 0 Å². The van der Waals surface area contributed by atoms with Crippen molar-refractivity contribution < 1.29 is 0 Å². The zero-order chi connectivity index (χ0) is 13.2. The molecule has 2 aromatic heterocycles. The fourth-order valence-corrected chi connectivity index (χ4v) is 2.04. The predicted molar refractivity (Wildman–Crippen MR) is 73.9 cm³/mol. The highest BCUT2D eigenvalue weighted by Crippen LogP contribution is 2.20. The topological polar surface area (TPSA) is 89.4 Å². The van der Waals surface area contributed by atoms with Gasteiger partial charge in [-0.05, 0) is 18.7 Å². The highest BCUT2D eigenvalue weighted by Gasteiger charge is 2.05. The highest BCUT2D eigenvalue weighted by atomic mass is 16.1. The minimum atomic E-state index is -0.190. The molecule has 3 rings (SSSR count). The van der Waals surface area contributed by atoms with Gasteiger partial charge in [-0.2, -0.15) is 0 Å². The number of benzene rings is 1. The Bertz CT molecular complexity index is 752. The van der Waals surface area contributed by atoms with E-state index in [1.54, 1.807) is 6.20 Å². The number of nitrogens with zero attached hydrogens (tertiary/aromatic N) is 1. The number of fused-ring (bicyclic) bond motifs is 1. The monoisotopic (exact) mass is 257 g/mol. The van der Waals surface area contributed by atoms with Gasteiger partial charge in [0.1, 0.15) is 5.82 Å². The van der Waals surface area contributed by atoms with Gasteiger partial charge in [-0.25, -0.2) is 9.78 Å². The van der Waals surface area contributed by atoms with Gasteiger partial charge in [-0.1, -0.05) is 13.0 Å². The molecular weight excluding hydrogens is 242 g/mol. The molecule has 0 saturated heterocycles. The Morgan fingerprint density at radius 2 is 2.05 bits per heavy atom. The average molecular weight is 257 g/mol.